The Balaban J connectivity index is 1.32. The van der Waals surface area contributed by atoms with E-state index in [0.717, 1.165) is 55.1 Å². The van der Waals surface area contributed by atoms with Gasteiger partial charge in [-0.3, -0.25) is 0 Å². The van der Waals surface area contributed by atoms with E-state index in [0.29, 0.717) is 6.04 Å². The highest BCUT2D eigenvalue weighted by molar-refractivity contribution is 5.83. The Morgan fingerprint density at radius 3 is 2.92 bits per heavy atom. The number of ether oxygens (including phenoxy) is 1. The minimum atomic E-state index is -0.106. The van der Waals surface area contributed by atoms with Crippen molar-refractivity contribution < 1.29 is 4.74 Å². The van der Waals surface area contributed by atoms with Crippen LogP contribution in [0.5, 0.6) is 5.75 Å². The summed E-state index contributed by atoms with van der Waals surface area (Å²) in [5.41, 5.74) is 3.11. The zero-order chi connectivity index (χ0) is 17.1. The topological polar surface area (TPSA) is 56.1 Å². The van der Waals surface area contributed by atoms with Crippen LogP contribution in [0, 0.1) is 0 Å². The molecule has 1 spiro atoms. The Morgan fingerprint density at radius 1 is 1.08 bits per heavy atom. The number of anilines is 1. The number of benzene rings is 1. The highest BCUT2D eigenvalue weighted by Crippen LogP contribution is 2.41. The lowest BCUT2D eigenvalue weighted by atomic mass is 9.90. The zero-order valence-electron chi connectivity index (χ0n) is 14.6. The molecule has 3 aromatic rings. The van der Waals surface area contributed by atoms with Crippen LogP contribution >= 0.6 is 0 Å². The van der Waals surface area contributed by atoms with Gasteiger partial charge in [-0.05, 0) is 37.3 Å². The Kier molecular flexibility index (Phi) is 2.90. The Hall–Kier alpha value is -2.63. The van der Waals surface area contributed by atoms with Crippen LogP contribution in [0.15, 0.2) is 36.9 Å². The number of nitrogens with zero attached hydrogens (tertiary/aromatic N) is 5. The molecule has 6 rings (SSSR count). The number of hydrogen-bond donors (Lipinski definition) is 0. The first kappa shape index (κ1) is 14.5. The molecule has 0 radical (unpaired) electrons. The van der Waals surface area contributed by atoms with Crippen molar-refractivity contribution in [3.05, 3.63) is 42.5 Å². The monoisotopic (exact) mass is 347 g/mol. The zero-order valence-corrected chi connectivity index (χ0v) is 14.6. The fourth-order valence-corrected chi connectivity index (χ4v) is 4.46. The Bertz CT molecular complexity index is 995. The number of imidazole rings is 1. The van der Waals surface area contributed by atoms with E-state index >= 15 is 0 Å². The molecule has 4 heterocycles. The Labute approximate surface area is 151 Å². The fraction of sp³-hybridized carbons (Fsp3) is 0.450. The molecule has 0 unspecified atom stereocenters. The quantitative estimate of drug-likeness (QED) is 0.713. The molecule has 2 fully saturated rings. The van der Waals surface area contributed by atoms with Crippen molar-refractivity contribution in [1.82, 2.24) is 19.5 Å². The first-order chi connectivity index (χ1) is 12.8. The lowest BCUT2D eigenvalue weighted by molar-refractivity contribution is 0.0682. The van der Waals surface area contributed by atoms with Crippen LogP contribution in [-0.4, -0.2) is 38.2 Å². The smallest absolute Gasteiger partial charge is 0.165 e. The molecule has 6 nitrogen and oxygen atoms in total. The minimum Gasteiger partial charge on any atom is -0.485 e. The SMILES string of the molecule is c1ccc2c(c1)CC[C@]1(CCN(c3ncnc4c3ncn4C3CC3)C1)O2. The number of aryl methyl sites for hydroxylation is 1. The molecule has 1 saturated carbocycles. The minimum absolute atomic E-state index is 0.106. The summed E-state index contributed by atoms with van der Waals surface area (Å²) in [6.45, 7) is 1.81. The van der Waals surface area contributed by atoms with Gasteiger partial charge < -0.3 is 14.2 Å². The van der Waals surface area contributed by atoms with Gasteiger partial charge in [0.15, 0.2) is 17.0 Å². The Morgan fingerprint density at radius 2 is 2.00 bits per heavy atom. The summed E-state index contributed by atoms with van der Waals surface area (Å²) >= 11 is 0. The van der Waals surface area contributed by atoms with Crippen molar-refractivity contribution in [3.8, 4) is 5.75 Å². The van der Waals surface area contributed by atoms with E-state index in [1.807, 2.05) is 6.33 Å². The molecule has 1 aromatic carbocycles. The second-order valence-electron chi connectivity index (χ2n) is 7.82. The molecular weight excluding hydrogens is 326 g/mol. The fourth-order valence-electron chi connectivity index (χ4n) is 4.46. The summed E-state index contributed by atoms with van der Waals surface area (Å²) in [4.78, 5) is 16.1. The van der Waals surface area contributed by atoms with E-state index in [1.165, 1.54) is 18.4 Å². The lowest BCUT2D eigenvalue weighted by Crippen LogP contribution is -2.42. The normalized spacial score (nSPS) is 24.8. The summed E-state index contributed by atoms with van der Waals surface area (Å²) < 4.78 is 8.69. The van der Waals surface area contributed by atoms with Crippen LogP contribution in [0.4, 0.5) is 5.82 Å². The predicted octanol–water partition coefficient (Wildman–Crippen LogP) is 3.14. The van der Waals surface area contributed by atoms with E-state index < -0.39 is 0 Å². The molecule has 0 amide bonds. The van der Waals surface area contributed by atoms with Crippen molar-refractivity contribution in [2.45, 2.75) is 43.7 Å². The van der Waals surface area contributed by atoms with Gasteiger partial charge in [0.05, 0.1) is 12.9 Å². The first-order valence-corrected chi connectivity index (χ1v) is 9.51. The van der Waals surface area contributed by atoms with E-state index in [2.05, 4.69) is 48.7 Å². The second kappa shape index (κ2) is 5.19. The first-order valence-electron chi connectivity index (χ1n) is 9.51. The highest BCUT2D eigenvalue weighted by atomic mass is 16.5. The molecule has 1 atom stereocenters. The molecule has 0 N–H and O–H groups in total. The predicted molar refractivity (Wildman–Crippen MR) is 98.5 cm³/mol. The van der Waals surface area contributed by atoms with Crippen molar-refractivity contribution in [3.63, 3.8) is 0 Å². The van der Waals surface area contributed by atoms with Crippen molar-refractivity contribution in [1.29, 1.82) is 0 Å². The molecule has 2 aromatic heterocycles. The van der Waals surface area contributed by atoms with Crippen LogP contribution in [0.2, 0.25) is 0 Å². The third-order valence-electron chi connectivity index (χ3n) is 6.04. The van der Waals surface area contributed by atoms with Crippen molar-refractivity contribution in [2.75, 3.05) is 18.0 Å². The molecule has 132 valence electrons. The van der Waals surface area contributed by atoms with Crippen molar-refractivity contribution >= 4 is 17.0 Å². The van der Waals surface area contributed by atoms with Crippen LogP contribution in [-0.2, 0) is 6.42 Å². The van der Waals surface area contributed by atoms with Gasteiger partial charge in [-0.2, -0.15) is 0 Å². The maximum Gasteiger partial charge on any atom is 0.165 e. The maximum atomic E-state index is 6.49. The lowest BCUT2D eigenvalue weighted by Gasteiger charge is -2.35. The average molecular weight is 347 g/mol. The van der Waals surface area contributed by atoms with E-state index in [-0.39, 0.29) is 5.60 Å². The summed E-state index contributed by atoms with van der Waals surface area (Å²) in [5, 5.41) is 0. The van der Waals surface area contributed by atoms with Gasteiger partial charge in [-0.15, -0.1) is 0 Å². The second-order valence-corrected chi connectivity index (χ2v) is 7.82. The van der Waals surface area contributed by atoms with Gasteiger partial charge in [0.1, 0.15) is 17.7 Å². The van der Waals surface area contributed by atoms with Gasteiger partial charge in [0, 0.05) is 19.0 Å². The van der Waals surface area contributed by atoms with E-state index in [4.69, 9.17) is 4.74 Å². The molecule has 6 heteroatoms. The number of hydrogen-bond acceptors (Lipinski definition) is 5. The van der Waals surface area contributed by atoms with Crippen LogP contribution in [0.25, 0.3) is 11.2 Å². The summed E-state index contributed by atoms with van der Waals surface area (Å²) in [6, 6.07) is 9.00. The van der Waals surface area contributed by atoms with Crippen LogP contribution < -0.4 is 9.64 Å². The number of aromatic nitrogens is 4. The molecule has 26 heavy (non-hydrogen) atoms. The average Bonchev–Trinajstić information content (AvgIpc) is 3.30. The van der Waals surface area contributed by atoms with Crippen LogP contribution in [0.1, 0.15) is 37.3 Å². The van der Waals surface area contributed by atoms with Gasteiger partial charge in [-0.25, -0.2) is 15.0 Å². The number of para-hydroxylation sites is 1. The molecule has 3 aliphatic rings. The molecule has 1 saturated heterocycles. The summed E-state index contributed by atoms with van der Waals surface area (Å²) in [7, 11) is 0. The molecular formula is C20H21N5O. The van der Waals surface area contributed by atoms with E-state index in [1.54, 1.807) is 6.33 Å². The number of fused-ring (bicyclic) bond motifs is 2. The summed E-state index contributed by atoms with van der Waals surface area (Å²) in [6.07, 6.45) is 9.23. The molecule has 2 aliphatic heterocycles. The maximum absolute atomic E-state index is 6.49. The largest absolute Gasteiger partial charge is 0.485 e. The number of rotatable bonds is 2. The summed E-state index contributed by atoms with van der Waals surface area (Å²) in [5.74, 6) is 2.00. The van der Waals surface area contributed by atoms with Gasteiger partial charge in [0.25, 0.3) is 0 Å². The van der Waals surface area contributed by atoms with Crippen molar-refractivity contribution in [2.24, 2.45) is 0 Å². The van der Waals surface area contributed by atoms with Gasteiger partial charge in [0.2, 0.25) is 0 Å². The van der Waals surface area contributed by atoms with E-state index in [9.17, 15) is 0 Å². The van der Waals surface area contributed by atoms with Crippen LogP contribution in [0.3, 0.4) is 0 Å². The highest BCUT2D eigenvalue weighted by Gasteiger charge is 2.43. The van der Waals surface area contributed by atoms with Gasteiger partial charge >= 0.3 is 0 Å². The standard InChI is InChI=1S/C20H21N5O/c1-2-4-16-14(3-1)7-8-20(26-16)9-10-24(11-20)18-17-19(22-12-21-18)25(13-23-17)15-5-6-15/h1-4,12-13,15H,5-11H2/t20-/m1/s1. The third-order valence-corrected chi connectivity index (χ3v) is 6.04. The third kappa shape index (κ3) is 2.14. The molecule has 0 bridgehead atoms. The van der Waals surface area contributed by atoms with Gasteiger partial charge in [-0.1, -0.05) is 18.2 Å². The molecule has 1 aliphatic carbocycles.